The summed E-state index contributed by atoms with van der Waals surface area (Å²) in [5.74, 6) is 0.630. The molecule has 154 valence electrons. The fourth-order valence-corrected chi connectivity index (χ4v) is 3.06. The molecule has 0 aliphatic heterocycles. The molecule has 4 aromatic rings. The number of carbonyl (C=O) groups is 1. The second-order valence-corrected chi connectivity index (χ2v) is 7.42. The third-order valence-corrected chi connectivity index (χ3v) is 4.47. The summed E-state index contributed by atoms with van der Waals surface area (Å²) < 4.78 is 7.22. The molecule has 0 atom stereocenters. The van der Waals surface area contributed by atoms with E-state index in [1.807, 2.05) is 35.0 Å². The first kappa shape index (κ1) is 19.7. The molecule has 0 unspecified atom stereocenters. The topological polar surface area (TPSA) is 101 Å². The van der Waals surface area contributed by atoms with Crippen LogP contribution in [0, 0.1) is 5.92 Å². The van der Waals surface area contributed by atoms with Gasteiger partial charge in [-0.2, -0.15) is 9.90 Å². The Balaban J connectivity index is 1.29. The highest BCUT2D eigenvalue weighted by Crippen LogP contribution is 2.15. The van der Waals surface area contributed by atoms with E-state index in [-0.39, 0.29) is 6.61 Å². The summed E-state index contributed by atoms with van der Waals surface area (Å²) in [6.45, 7) is 5.79. The predicted molar refractivity (Wildman–Crippen MR) is 111 cm³/mol. The van der Waals surface area contributed by atoms with E-state index in [9.17, 15) is 4.79 Å². The number of aryl methyl sites for hydroxylation is 1. The minimum absolute atomic E-state index is 0.256. The zero-order valence-electron chi connectivity index (χ0n) is 17.0. The summed E-state index contributed by atoms with van der Waals surface area (Å²) in [7, 11) is 0. The number of rotatable bonds is 8. The zero-order chi connectivity index (χ0) is 20.9. The Bertz CT molecular complexity index is 1130. The van der Waals surface area contributed by atoms with E-state index in [4.69, 9.17) is 4.74 Å². The van der Waals surface area contributed by atoms with Crippen LogP contribution in [-0.4, -0.2) is 47.5 Å². The van der Waals surface area contributed by atoms with Crippen molar-refractivity contribution in [3.8, 4) is 11.4 Å². The normalized spacial score (nSPS) is 11.3. The second kappa shape index (κ2) is 8.81. The Hall–Kier alpha value is -3.62. The zero-order valence-corrected chi connectivity index (χ0v) is 17.0. The second-order valence-electron chi connectivity index (χ2n) is 7.42. The number of carbonyl (C=O) groups excluding carboxylic acids is 1. The van der Waals surface area contributed by atoms with Gasteiger partial charge in [0.1, 0.15) is 0 Å². The van der Waals surface area contributed by atoms with Gasteiger partial charge >= 0.3 is 5.97 Å². The summed E-state index contributed by atoms with van der Waals surface area (Å²) in [5, 5.41) is 17.6. The van der Waals surface area contributed by atoms with Crippen LogP contribution < -0.4 is 0 Å². The van der Waals surface area contributed by atoms with Gasteiger partial charge in [-0.25, -0.2) is 14.5 Å². The van der Waals surface area contributed by atoms with Crippen LogP contribution in [0.25, 0.3) is 22.4 Å². The van der Waals surface area contributed by atoms with Crippen LogP contribution in [0.1, 0.15) is 30.6 Å². The molecular formula is C21H23N7O2. The van der Waals surface area contributed by atoms with Crippen LogP contribution in [0.2, 0.25) is 0 Å². The van der Waals surface area contributed by atoms with E-state index in [2.05, 4.69) is 39.3 Å². The van der Waals surface area contributed by atoms with Crippen LogP contribution in [-0.2, 0) is 17.8 Å². The summed E-state index contributed by atoms with van der Waals surface area (Å²) in [5.41, 5.74) is 2.10. The lowest BCUT2D eigenvalue weighted by atomic mass is 10.2. The molecule has 4 rings (SSSR count). The van der Waals surface area contributed by atoms with E-state index < -0.39 is 5.97 Å². The molecule has 0 bridgehead atoms. The van der Waals surface area contributed by atoms with Crippen molar-refractivity contribution in [3.05, 3.63) is 54.4 Å². The lowest BCUT2D eigenvalue weighted by molar-refractivity contribution is 0.0493. The number of aromatic nitrogens is 7. The molecule has 1 aromatic carbocycles. The molecule has 0 amide bonds. The average molecular weight is 405 g/mol. The molecule has 9 nitrogen and oxygen atoms in total. The molecule has 0 aliphatic carbocycles. The minimum atomic E-state index is -0.405. The maximum atomic E-state index is 12.3. The Labute approximate surface area is 173 Å². The SMILES string of the molecule is CC(C)Cn1ncc2cc(C(=O)OCCCn3nnc(-c4ccccc4)n3)cnc21. The summed E-state index contributed by atoms with van der Waals surface area (Å²) in [4.78, 5) is 18.2. The van der Waals surface area contributed by atoms with Crippen molar-refractivity contribution in [2.75, 3.05) is 6.61 Å². The van der Waals surface area contributed by atoms with Gasteiger partial charge in [-0.3, -0.25) is 0 Å². The van der Waals surface area contributed by atoms with Gasteiger partial charge < -0.3 is 4.74 Å². The van der Waals surface area contributed by atoms with Gasteiger partial charge in [-0.05, 0) is 17.2 Å². The van der Waals surface area contributed by atoms with Gasteiger partial charge in [-0.15, -0.1) is 10.2 Å². The van der Waals surface area contributed by atoms with Crippen molar-refractivity contribution in [1.29, 1.82) is 0 Å². The predicted octanol–water partition coefficient (Wildman–Crippen LogP) is 2.99. The Morgan fingerprint density at radius 2 is 2.00 bits per heavy atom. The fraction of sp³-hybridized carbons (Fsp3) is 0.333. The number of esters is 1. The van der Waals surface area contributed by atoms with Crippen molar-refractivity contribution in [1.82, 2.24) is 35.0 Å². The first-order valence-corrected chi connectivity index (χ1v) is 9.92. The van der Waals surface area contributed by atoms with E-state index in [0.29, 0.717) is 30.3 Å². The first-order chi connectivity index (χ1) is 14.6. The lowest BCUT2D eigenvalue weighted by Crippen LogP contribution is -2.11. The number of fused-ring (bicyclic) bond motifs is 1. The number of pyridine rings is 1. The average Bonchev–Trinajstić information content (AvgIpc) is 3.38. The molecule has 30 heavy (non-hydrogen) atoms. The van der Waals surface area contributed by atoms with Crippen molar-refractivity contribution in [3.63, 3.8) is 0 Å². The van der Waals surface area contributed by atoms with Gasteiger partial charge in [0.2, 0.25) is 5.82 Å². The standard InChI is InChI=1S/C21H23N7O2/c1-15(2)14-27-20-17(13-23-27)11-18(12-22-20)21(29)30-10-6-9-28-25-19(24-26-28)16-7-4-3-5-8-16/h3-5,7-8,11-13,15H,6,9-10,14H2,1-2H3. The van der Waals surface area contributed by atoms with Crippen LogP contribution in [0.5, 0.6) is 0 Å². The highest BCUT2D eigenvalue weighted by Gasteiger charge is 2.12. The van der Waals surface area contributed by atoms with Crippen molar-refractivity contribution >= 4 is 17.0 Å². The maximum Gasteiger partial charge on any atom is 0.339 e. The summed E-state index contributed by atoms with van der Waals surface area (Å²) in [6, 6.07) is 11.4. The molecule has 3 aromatic heterocycles. The molecule has 0 fully saturated rings. The van der Waals surface area contributed by atoms with Crippen molar-refractivity contribution in [2.24, 2.45) is 5.92 Å². The molecule has 0 spiro atoms. The molecular weight excluding hydrogens is 382 g/mol. The number of hydrogen-bond acceptors (Lipinski definition) is 7. The molecule has 0 saturated heterocycles. The molecule has 3 heterocycles. The van der Waals surface area contributed by atoms with E-state index in [0.717, 1.165) is 23.1 Å². The largest absolute Gasteiger partial charge is 0.462 e. The van der Waals surface area contributed by atoms with Crippen molar-refractivity contribution < 1.29 is 9.53 Å². The molecule has 0 radical (unpaired) electrons. The third-order valence-electron chi connectivity index (χ3n) is 4.47. The summed E-state index contributed by atoms with van der Waals surface area (Å²) in [6.07, 6.45) is 3.84. The summed E-state index contributed by atoms with van der Waals surface area (Å²) >= 11 is 0. The quantitative estimate of drug-likeness (QED) is 0.328. The van der Waals surface area contributed by atoms with Gasteiger partial charge in [0.25, 0.3) is 0 Å². The smallest absolute Gasteiger partial charge is 0.339 e. The minimum Gasteiger partial charge on any atom is -0.462 e. The first-order valence-electron chi connectivity index (χ1n) is 9.92. The van der Waals surface area contributed by atoms with Gasteiger partial charge in [0, 0.05) is 30.1 Å². The van der Waals surface area contributed by atoms with Gasteiger partial charge in [0.15, 0.2) is 5.65 Å². The van der Waals surface area contributed by atoms with E-state index in [1.165, 1.54) is 11.0 Å². The van der Waals surface area contributed by atoms with Crippen molar-refractivity contribution in [2.45, 2.75) is 33.4 Å². The number of benzene rings is 1. The number of ether oxygens (including phenoxy) is 1. The number of hydrogen-bond donors (Lipinski definition) is 0. The van der Waals surface area contributed by atoms with Crippen LogP contribution in [0.15, 0.2) is 48.8 Å². The fourth-order valence-electron chi connectivity index (χ4n) is 3.06. The van der Waals surface area contributed by atoms with E-state index >= 15 is 0 Å². The van der Waals surface area contributed by atoms with Crippen LogP contribution >= 0.6 is 0 Å². The monoisotopic (exact) mass is 405 g/mol. The molecule has 0 saturated carbocycles. The Morgan fingerprint density at radius 3 is 2.80 bits per heavy atom. The van der Waals surface area contributed by atoms with Crippen LogP contribution in [0.4, 0.5) is 0 Å². The Kier molecular flexibility index (Phi) is 5.78. The molecule has 0 aliphatic rings. The number of tetrazole rings is 1. The number of nitrogens with zero attached hydrogens (tertiary/aromatic N) is 7. The Morgan fingerprint density at radius 1 is 1.17 bits per heavy atom. The lowest BCUT2D eigenvalue weighted by Gasteiger charge is -2.06. The highest BCUT2D eigenvalue weighted by molar-refractivity contribution is 5.92. The molecule has 9 heteroatoms. The third kappa shape index (κ3) is 4.51. The molecule has 0 N–H and O–H groups in total. The highest BCUT2D eigenvalue weighted by atomic mass is 16.5. The van der Waals surface area contributed by atoms with Crippen LogP contribution in [0.3, 0.4) is 0 Å². The maximum absolute atomic E-state index is 12.3. The van der Waals surface area contributed by atoms with Gasteiger partial charge in [0.05, 0.1) is 24.9 Å². The van der Waals surface area contributed by atoms with Gasteiger partial charge in [-0.1, -0.05) is 44.2 Å². The van der Waals surface area contributed by atoms with E-state index in [1.54, 1.807) is 12.3 Å².